The Balaban J connectivity index is 1.74. The molecule has 0 saturated carbocycles. The van der Waals surface area contributed by atoms with Gasteiger partial charge in [0.15, 0.2) is 5.78 Å². The number of ketones is 1. The van der Waals surface area contributed by atoms with Gasteiger partial charge in [-0.2, -0.15) is 0 Å². The lowest BCUT2D eigenvalue weighted by atomic mass is 10.0. The molecular weight excluding hydrogens is 298 g/mol. The van der Waals surface area contributed by atoms with Crippen molar-refractivity contribution in [3.05, 3.63) is 35.5 Å². The van der Waals surface area contributed by atoms with E-state index in [4.69, 9.17) is 0 Å². The molecule has 2 heterocycles. The number of aryl methyl sites for hydroxylation is 1. The monoisotopic (exact) mass is 327 g/mol. The molecule has 0 unspecified atom stereocenters. The first-order valence-electron chi connectivity index (χ1n) is 9.05. The number of carbonyl (C=O) groups excluding carboxylic acids is 1. The van der Waals surface area contributed by atoms with E-state index in [1.165, 1.54) is 6.42 Å². The van der Waals surface area contributed by atoms with Gasteiger partial charge in [0.05, 0.1) is 6.04 Å². The molecule has 1 saturated heterocycles. The number of carbonyl (C=O) groups is 1. The molecule has 0 aliphatic carbocycles. The zero-order valence-electron chi connectivity index (χ0n) is 15.3. The van der Waals surface area contributed by atoms with Crippen molar-refractivity contribution in [3.63, 3.8) is 0 Å². The number of hydrogen-bond donors (Lipinski definition) is 1. The first kappa shape index (κ1) is 17.2. The first-order valence-corrected chi connectivity index (χ1v) is 9.05. The molecule has 130 valence electrons. The van der Waals surface area contributed by atoms with E-state index in [2.05, 4.69) is 35.7 Å². The highest BCUT2D eigenvalue weighted by molar-refractivity contribution is 6.11. The molecule has 4 nitrogen and oxygen atoms in total. The minimum absolute atomic E-state index is 0.0557. The molecule has 24 heavy (non-hydrogen) atoms. The van der Waals surface area contributed by atoms with Crippen LogP contribution in [0.15, 0.2) is 24.3 Å². The van der Waals surface area contributed by atoms with E-state index in [1.807, 2.05) is 31.2 Å². The molecule has 1 aromatic carbocycles. The van der Waals surface area contributed by atoms with Gasteiger partial charge in [0, 0.05) is 35.2 Å². The van der Waals surface area contributed by atoms with Crippen molar-refractivity contribution < 1.29 is 4.79 Å². The fraction of sp³-hybridized carbons (Fsp3) is 0.550. The number of H-pyrrole nitrogens is 1. The minimum Gasteiger partial charge on any atom is -0.358 e. The van der Waals surface area contributed by atoms with E-state index < -0.39 is 0 Å². The van der Waals surface area contributed by atoms with Gasteiger partial charge in [0.25, 0.3) is 0 Å². The zero-order valence-corrected chi connectivity index (χ0v) is 15.3. The van der Waals surface area contributed by atoms with Crippen LogP contribution in [-0.2, 0) is 0 Å². The fourth-order valence-corrected chi connectivity index (χ4v) is 3.90. The number of nitrogens with one attached hydrogen (secondary N) is 1. The third-order valence-corrected chi connectivity index (χ3v) is 5.49. The highest BCUT2D eigenvalue weighted by atomic mass is 16.1. The summed E-state index contributed by atoms with van der Waals surface area (Å²) in [5.41, 5.74) is 2.90. The number of aromatic amines is 1. The Kier molecular flexibility index (Phi) is 5.07. The summed E-state index contributed by atoms with van der Waals surface area (Å²) in [7, 11) is 2.17. The summed E-state index contributed by atoms with van der Waals surface area (Å²) in [6, 6.07) is 8.03. The van der Waals surface area contributed by atoms with Crippen molar-refractivity contribution in [2.75, 3.05) is 33.2 Å². The predicted octanol–water partition coefficient (Wildman–Crippen LogP) is 3.32. The smallest absolute Gasteiger partial charge is 0.182 e. The highest BCUT2D eigenvalue weighted by Gasteiger charge is 2.31. The Bertz CT molecular complexity index is 721. The average molecular weight is 327 g/mol. The van der Waals surface area contributed by atoms with Crippen LogP contribution >= 0.6 is 0 Å². The van der Waals surface area contributed by atoms with Crippen LogP contribution in [0.4, 0.5) is 0 Å². The summed E-state index contributed by atoms with van der Waals surface area (Å²) in [5.74, 6) is 0.920. The molecule has 0 spiro atoms. The van der Waals surface area contributed by atoms with Crippen molar-refractivity contribution in [2.45, 2.75) is 33.2 Å². The maximum atomic E-state index is 13.1. The Morgan fingerprint density at radius 1 is 1.42 bits per heavy atom. The molecule has 0 radical (unpaired) electrons. The maximum absolute atomic E-state index is 13.1. The molecule has 1 aliphatic heterocycles. The number of likely N-dealkylation sites (tertiary alicyclic amines) is 1. The molecule has 2 aromatic rings. The lowest BCUT2D eigenvalue weighted by Crippen LogP contribution is -2.38. The molecular formula is C20H29N3O. The van der Waals surface area contributed by atoms with Crippen LogP contribution in [0.2, 0.25) is 0 Å². The number of nitrogens with zero attached hydrogens (tertiary/aromatic N) is 2. The van der Waals surface area contributed by atoms with Crippen LogP contribution in [0.25, 0.3) is 10.9 Å². The Hall–Kier alpha value is -1.65. The maximum Gasteiger partial charge on any atom is 0.182 e. The van der Waals surface area contributed by atoms with Gasteiger partial charge in [-0.25, -0.2) is 0 Å². The minimum atomic E-state index is -0.0557. The van der Waals surface area contributed by atoms with Crippen LogP contribution in [-0.4, -0.2) is 59.8 Å². The second-order valence-corrected chi connectivity index (χ2v) is 7.22. The van der Waals surface area contributed by atoms with E-state index in [0.29, 0.717) is 5.92 Å². The predicted molar refractivity (Wildman–Crippen MR) is 99.7 cm³/mol. The van der Waals surface area contributed by atoms with Gasteiger partial charge in [-0.1, -0.05) is 25.1 Å². The molecule has 1 aliphatic rings. The largest absolute Gasteiger partial charge is 0.358 e. The molecule has 0 amide bonds. The van der Waals surface area contributed by atoms with E-state index in [9.17, 15) is 4.79 Å². The average Bonchev–Trinajstić information content (AvgIpc) is 3.16. The quantitative estimate of drug-likeness (QED) is 0.827. The second-order valence-electron chi connectivity index (χ2n) is 7.22. The zero-order chi connectivity index (χ0) is 17.3. The van der Waals surface area contributed by atoms with Gasteiger partial charge in [-0.3, -0.25) is 9.69 Å². The molecule has 2 atom stereocenters. The normalized spacial score (nSPS) is 20.1. The summed E-state index contributed by atoms with van der Waals surface area (Å²) in [5, 5.41) is 1.05. The van der Waals surface area contributed by atoms with E-state index in [0.717, 1.165) is 48.3 Å². The number of Topliss-reactive ketones (excluding diaryl/α,β-unsaturated/α-hetero) is 1. The Morgan fingerprint density at radius 3 is 2.92 bits per heavy atom. The SMILES string of the molecule is CCN(C)C[C@H]1CCN([C@@H](C)C(=O)c2c(C)[nH]c3ccccc23)C1. The van der Waals surface area contributed by atoms with Crippen LogP contribution < -0.4 is 0 Å². The highest BCUT2D eigenvalue weighted by Crippen LogP contribution is 2.26. The number of fused-ring (bicyclic) bond motifs is 1. The van der Waals surface area contributed by atoms with E-state index in [-0.39, 0.29) is 11.8 Å². The van der Waals surface area contributed by atoms with Gasteiger partial charge in [0.1, 0.15) is 0 Å². The number of para-hydroxylation sites is 1. The summed E-state index contributed by atoms with van der Waals surface area (Å²) in [6.45, 7) is 10.5. The summed E-state index contributed by atoms with van der Waals surface area (Å²) < 4.78 is 0. The molecule has 3 rings (SSSR count). The number of hydrogen-bond acceptors (Lipinski definition) is 3. The van der Waals surface area contributed by atoms with Gasteiger partial charge >= 0.3 is 0 Å². The number of aromatic nitrogens is 1. The molecule has 1 N–H and O–H groups in total. The van der Waals surface area contributed by atoms with Gasteiger partial charge < -0.3 is 9.88 Å². The first-order chi connectivity index (χ1) is 11.5. The number of rotatable bonds is 6. The second kappa shape index (κ2) is 7.08. The Labute approximate surface area is 144 Å². The molecule has 1 aromatic heterocycles. The van der Waals surface area contributed by atoms with Crippen molar-refractivity contribution in [1.29, 1.82) is 0 Å². The third kappa shape index (κ3) is 3.26. The summed E-state index contributed by atoms with van der Waals surface area (Å²) in [6.07, 6.45) is 1.19. The fourth-order valence-electron chi connectivity index (χ4n) is 3.90. The van der Waals surface area contributed by atoms with Crippen LogP contribution in [0.3, 0.4) is 0 Å². The third-order valence-electron chi connectivity index (χ3n) is 5.49. The lowest BCUT2D eigenvalue weighted by Gasteiger charge is -2.24. The van der Waals surface area contributed by atoms with Gasteiger partial charge in [-0.05, 0) is 52.4 Å². The van der Waals surface area contributed by atoms with Crippen molar-refractivity contribution in [2.24, 2.45) is 5.92 Å². The summed E-state index contributed by atoms with van der Waals surface area (Å²) in [4.78, 5) is 21.2. The molecule has 1 fully saturated rings. The van der Waals surface area contributed by atoms with Crippen molar-refractivity contribution in [3.8, 4) is 0 Å². The topological polar surface area (TPSA) is 39.3 Å². The van der Waals surface area contributed by atoms with E-state index in [1.54, 1.807) is 0 Å². The Morgan fingerprint density at radius 2 is 2.17 bits per heavy atom. The number of benzene rings is 1. The van der Waals surface area contributed by atoms with Crippen molar-refractivity contribution >= 4 is 16.7 Å². The lowest BCUT2D eigenvalue weighted by molar-refractivity contribution is 0.0862. The summed E-state index contributed by atoms with van der Waals surface area (Å²) >= 11 is 0. The molecule has 4 heteroatoms. The van der Waals surface area contributed by atoms with Crippen LogP contribution in [0.1, 0.15) is 36.3 Å². The van der Waals surface area contributed by atoms with Crippen LogP contribution in [0.5, 0.6) is 0 Å². The van der Waals surface area contributed by atoms with Gasteiger partial charge in [-0.15, -0.1) is 0 Å². The van der Waals surface area contributed by atoms with E-state index >= 15 is 0 Å². The van der Waals surface area contributed by atoms with Gasteiger partial charge in [0.2, 0.25) is 0 Å². The standard InChI is InChI=1S/C20H29N3O/c1-5-22(4)12-16-10-11-23(13-16)15(3)20(24)19-14(2)21-18-9-7-6-8-17(18)19/h6-9,15-16,21H,5,10-13H2,1-4H3/t15-,16+/m0/s1. The van der Waals surface area contributed by atoms with Crippen molar-refractivity contribution in [1.82, 2.24) is 14.8 Å². The van der Waals surface area contributed by atoms with Crippen LogP contribution in [0, 0.1) is 12.8 Å². The molecule has 0 bridgehead atoms.